The maximum Gasteiger partial charge on any atom is 0.325 e. The minimum atomic E-state index is -1.16. The number of nitrogens with zero attached hydrogens (tertiary/aromatic N) is 1. The monoisotopic (exact) mass is 402 g/mol. The van der Waals surface area contributed by atoms with Crippen LogP contribution in [-0.4, -0.2) is 70.2 Å². The van der Waals surface area contributed by atoms with Gasteiger partial charge in [-0.1, -0.05) is 20.3 Å². The number of carboxylic acids is 1. The Labute approximate surface area is 164 Å². The number of amides is 3. The number of aliphatic carboxylic acids is 1. The maximum atomic E-state index is 12.8. The van der Waals surface area contributed by atoms with Gasteiger partial charge < -0.3 is 26.4 Å². The van der Waals surface area contributed by atoms with Crippen molar-refractivity contribution in [1.29, 1.82) is 0 Å². The normalized spacial score (nSPS) is 21.1. The molecule has 0 saturated carbocycles. The zero-order valence-corrected chi connectivity index (χ0v) is 16.9. The molecule has 0 aromatic heterocycles. The van der Waals surface area contributed by atoms with E-state index in [2.05, 4.69) is 23.3 Å². The fraction of sp³-hybridized carbons (Fsp3) is 0.765. The van der Waals surface area contributed by atoms with Crippen LogP contribution >= 0.6 is 12.6 Å². The minimum absolute atomic E-state index is 0.175. The summed E-state index contributed by atoms with van der Waals surface area (Å²) in [7, 11) is 0. The number of carbonyl (C=O) groups is 4. The number of carboxylic acid groups (broad SMARTS) is 1. The van der Waals surface area contributed by atoms with Gasteiger partial charge in [0.25, 0.3) is 0 Å². The number of rotatable bonds is 9. The van der Waals surface area contributed by atoms with Crippen LogP contribution in [0.25, 0.3) is 0 Å². The Bertz CT molecular complexity index is 574. The summed E-state index contributed by atoms with van der Waals surface area (Å²) in [6.07, 6.45) is 1.76. The molecule has 1 heterocycles. The molecule has 9 nitrogen and oxygen atoms in total. The number of hydrogen-bond donors (Lipinski definition) is 5. The summed E-state index contributed by atoms with van der Waals surface area (Å²) in [5.41, 5.74) is 5.74. The molecular weight excluding hydrogens is 372 g/mol. The Hall–Kier alpha value is -1.81. The predicted octanol–water partition coefficient (Wildman–Crippen LogP) is -0.645. The molecule has 1 rings (SSSR count). The summed E-state index contributed by atoms with van der Waals surface area (Å²) >= 11 is 4.03. The van der Waals surface area contributed by atoms with Crippen molar-refractivity contribution in [3.05, 3.63) is 0 Å². The average Bonchev–Trinajstić information content (AvgIpc) is 3.13. The quantitative estimate of drug-likeness (QED) is 0.325. The molecule has 1 aliphatic heterocycles. The van der Waals surface area contributed by atoms with E-state index in [-0.39, 0.29) is 17.6 Å². The van der Waals surface area contributed by atoms with Gasteiger partial charge in [0.2, 0.25) is 17.7 Å². The Balaban J connectivity index is 2.88. The molecule has 0 aromatic carbocycles. The molecule has 5 N–H and O–H groups in total. The van der Waals surface area contributed by atoms with Crippen LogP contribution < -0.4 is 16.4 Å². The van der Waals surface area contributed by atoms with Gasteiger partial charge >= 0.3 is 5.97 Å². The Morgan fingerprint density at radius 3 is 2.41 bits per heavy atom. The molecule has 5 atom stereocenters. The third kappa shape index (κ3) is 6.10. The molecular formula is C17H30N4O5S. The number of nitrogens with one attached hydrogen (secondary N) is 2. The summed E-state index contributed by atoms with van der Waals surface area (Å²) in [6, 6.07) is -3.44. The molecule has 1 aliphatic rings. The zero-order chi connectivity index (χ0) is 20.7. The number of thiol groups is 1. The Kier molecular flexibility index (Phi) is 9.04. The second kappa shape index (κ2) is 10.5. The van der Waals surface area contributed by atoms with Crippen molar-refractivity contribution in [2.45, 2.75) is 64.2 Å². The van der Waals surface area contributed by atoms with E-state index in [9.17, 15) is 19.2 Å². The molecule has 0 aliphatic carbocycles. The van der Waals surface area contributed by atoms with Crippen molar-refractivity contribution >= 4 is 36.3 Å². The van der Waals surface area contributed by atoms with Gasteiger partial charge in [0, 0.05) is 12.3 Å². The molecule has 0 radical (unpaired) electrons. The van der Waals surface area contributed by atoms with Crippen LogP contribution in [0, 0.1) is 5.92 Å². The van der Waals surface area contributed by atoms with Crippen molar-refractivity contribution in [2.24, 2.45) is 11.7 Å². The third-order valence-electron chi connectivity index (χ3n) is 4.87. The van der Waals surface area contributed by atoms with Gasteiger partial charge in [-0.3, -0.25) is 19.2 Å². The van der Waals surface area contributed by atoms with E-state index in [0.717, 1.165) is 0 Å². The van der Waals surface area contributed by atoms with E-state index < -0.39 is 42.0 Å². The van der Waals surface area contributed by atoms with E-state index in [1.165, 1.54) is 11.8 Å². The maximum absolute atomic E-state index is 12.8. The van der Waals surface area contributed by atoms with E-state index in [4.69, 9.17) is 10.8 Å². The Morgan fingerprint density at radius 1 is 1.26 bits per heavy atom. The molecule has 0 aromatic rings. The van der Waals surface area contributed by atoms with Crippen molar-refractivity contribution in [1.82, 2.24) is 15.5 Å². The first-order valence-electron chi connectivity index (χ1n) is 9.14. The molecule has 10 heteroatoms. The number of nitrogens with two attached hydrogens (primary N) is 1. The van der Waals surface area contributed by atoms with Gasteiger partial charge in [-0.15, -0.1) is 0 Å². The summed E-state index contributed by atoms with van der Waals surface area (Å²) in [5.74, 6) is -2.53. The minimum Gasteiger partial charge on any atom is -0.480 e. The first kappa shape index (κ1) is 23.2. The van der Waals surface area contributed by atoms with Crippen LogP contribution in [0.4, 0.5) is 0 Å². The topological polar surface area (TPSA) is 142 Å². The largest absolute Gasteiger partial charge is 0.480 e. The van der Waals surface area contributed by atoms with Gasteiger partial charge in [0.05, 0.1) is 6.04 Å². The molecule has 1 fully saturated rings. The molecule has 3 amide bonds. The summed E-state index contributed by atoms with van der Waals surface area (Å²) in [4.78, 5) is 50.0. The van der Waals surface area contributed by atoms with Crippen molar-refractivity contribution in [3.8, 4) is 0 Å². The summed E-state index contributed by atoms with van der Waals surface area (Å²) in [6.45, 7) is 5.44. The average molecular weight is 403 g/mol. The molecule has 0 bridgehead atoms. The van der Waals surface area contributed by atoms with Gasteiger partial charge in [0.1, 0.15) is 18.1 Å². The molecule has 27 heavy (non-hydrogen) atoms. The van der Waals surface area contributed by atoms with Crippen molar-refractivity contribution < 1.29 is 24.3 Å². The van der Waals surface area contributed by atoms with Crippen LogP contribution in [0.5, 0.6) is 0 Å². The summed E-state index contributed by atoms with van der Waals surface area (Å²) in [5, 5.41) is 14.1. The smallest absolute Gasteiger partial charge is 0.325 e. The highest BCUT2D eigenvalue weighted by atomic mass is 32.1. The molecule has 5 unspecified atom stereocenters. The van der Waals surface area contributed by atoms with Crippen LogP contribution in [-0.2, 0) is 19.2 Å². The lowest BCUT2D eigenvalue weighted by Gasteiger charge is -2.30. The van der Waals surface area contributed by atoms with Gasteiger partial charge in [0.15, 0.2) is 0 Å². The van der Waals surface area contributed by atoms with Gasteiger partial charge in [-0.2, -0.15) is 12.6 Å². The lowest BCUT2D eigenvalue weighted by Crippen LogP contribution is -2.58. The highest BCUT2D eigenvalue weighted by Gasteiger charge is 2.38. The molecule has 154 valence electrons. The SMILES string of the molecule is CCC(C)C(NC(=O)C1CCCN1C(=O)C(N)CS)C(=O)NC(C)C(=O)O. The number of carbonyl (C=O) groups excluding carboxylic acids is 3. The lowest BCUT2D eigenvalue weighted by atomic mass is 9.97. The van der Waals surface area contributed by atoms with E-state index in [0.29, 0.717) is 25.8 Å². The van der Waals surface area contributed by atoms with Crippen LogP contribution in [0.3, 0.4) is 0 Å². The van der Waals surface area contributed by atoms with Crippen LogP contribution in [0.2, 0.25) is 0 Å². The Morgan fingerprint density at radius 2 is 1.89 bits per heavy atom. The van der Waals surface area contributed by atoms with Gasteiger partial charge in [-0.25, -0.2) is 0 Å². The first-order valence-corrected chi connectivity index (χ1v) is 9.77. The van der Waals surface area contributed by atoms with Crippen molar-refractivity contribution in [2.75, 3.05) is 12.3 Å². The summed E-state index contributed by atoms with van der Waals surface area (Å²) < 4.78 is 0. The lowest BCUT2D eigenvalue weighted by molar-refractivity contribution is -0.143. The molecule has 1 saturated heterocycles. The van der Waals surface area contributed by atoms with E-state index >= 15 is 0 Å². The molecule has 0 spiro atoms. The highest BCUT2D eigenvalue weighted by molar-refractivity contribution is 7.80. The van der Waals surface area contributed by atoms with E-state index in [1.807, 2.05) is 6.92 Å². The number of hydrogen-bond acceptors (Lipinski definition) is 6. The second-order valence-corrected chi connectivity index (χ2v) is 7.28. The second-order valence-electron chi connectivity index (χ2n) is 6.92. The van der Waals surface area contributed by atoms with Crippen LogP contribution in [0.15, 0.2) is 0 Å². The van der Waals surface area contributed by atoms with Crippen molar-refractivity contribution in [3.63, 3.8) is 0 Å². The third-order valence-corrected chi connectivity index (χ3v) is 5.27. The standard InChI is InChI=1S/C17H30N4O5S/c1-4-9(2)13(15(23)19-10(3)17(25)26)20-14(22)12-6-5-7-21(12)16(24)11(18)8-27/h9-13,27H,4-8,18H2,1-3H3,(H,19,23)(H,20,22)(H,25,26). The fourth-order valence-corrected chi connectivity index (χ4v) is 3.07. The number of likely N-dealkylation sites (tertiary alicyclic amines) is 1. The predicted molar refractivity (Wildman–Crippen MR) is 103 cm³/mol. The first-order chi connectivity index (χ1) is 12.6. The van der Waals surface area contributed by atoms with E-state index in [1.54, 1.807) is 6.92 Å². The highest BCUT2D eigenvalue weighted by Crippen LogP contribution is 2.19. The fourth-order valence-electron chi connectivity index (χ4n) is 2.91. The van der Waals surface area contributed by atoms with Gasteiger partial charge in [-0.05, 0) is 25.7 Å². The van der Waals surface area contributed by atoms with Crippen LogP contribution in [0.1, 0.15) is 40.0 Å². The zero-order valence-electron chi connectivity index (χ0n) is 16.0.